The topological polar surface area (TPSA) is 119 Å². The second-order valence-electron chi connectivity index (χ2n) is 5.80. The first-order valence-corrected chi connectivity index (χ1v) is 7.46. The summed E-state index contributed by atoms with van der Waals surface area (Å²) in [6.45, 7) is 4.81. The lowest BCUT2D eigenvalue weighted by atomic mass is 10.2. The fourth-order valence-corrected chi connectivity index (χ4v) is 2.71. The molecule has 126 valence electrons. The minimum absolute atomic E-state index is 0.0107. The van der Waals surface area contributed by atoms with Crippen molar-refractivity contribution in [2.45, 2.75) is 58.7 Å². The van der Waals surface area contributed by atoms with Gasteiger partial charge in [-0.1, -0.05) is 0 Å². The minimum Gasteiger partial charge on any atom is -0.480 e. The molecule has 0 bridgehead atoms. The Labute approximate surface area is 133 Å². The van der Waals surface area contributed by atoms with Crippen molar-refractivity contribution in [1.82, 2.24) is 14.7 Å². The van der Waals surface area contributed by atoms with Crippen LogP contribution in [0.1, 0.15) is 37.6 Å². The highest BCUT2D eigenvalue weighted by atomic mass is 16.6. The van der Waals surface area contributed by atoms with Gasteiger partial charge in [0, 0.05) is 12.5 Å². The fraction of sp³-hybridized carbons (Fsp3) is 0.643. The molecule has 0 spiro atoms. The molecule has 1 aromatic rings. The monoisotopic (exact) mass is 324 g/mol. The van der Waals surface area contributed by atoms with Crippen LogP contribution in [0.5, 0.6) is 0 Å². The van der Waals surface area contributed by atoms with Gasteiger partial charge in [-0.25, -0.2) is 4.79 Å². The van der Waals surface area contributed by atoms with Crippen molar-refractivity contribution in [2.24, 2.45) is 0 Å². The number of hydrogen-bond donors (Lipinski definition) is 1. The maximum absolute atomic E-state index is 12.4. The molecule has 1 aliphatic carbocycles. The largest absolute Gasteiger partial charge is 0.480 e. The zero-order chi connectivity index (χ0) is 17.3. The Hall–Kier alpha value is -2.45. The molecule has 0 aliphatic heterocycles. The van der Waals surface area contributed by atoms with Crippen molar-refractivity contribution in [2.75, 3.05) is 0 Å². The molecule has 1 aromatic heterocycles. The molecule has 1 atom stereocenters. The molecule has 23 heavy (non-hydrogen) atoms. The molecule has 1 saturated carbocycles. The number of carboxylic acids is 1. The van der Waals surface area contributed by atoms with Crippen LogP contribution in [-0.2, 0) is 16.1 Å². The summed E-state index contributed by atoms with van der Waals surface area (Å²) >= 11 is 0. The molecule has 9 heteroatoms. The number of rotatable bonds is 7. The molecule has 1 aliphatic rings. The SMILES string of the molecule is Cc1nn(CCC(=O)N(C2CC2)C(C)C(=O)O)c(C)c1[N+](=O)[O-]. The standard InChI is InChI=1S/C14H20N4O5/c1-8-13(18(22)23)9(2)16(15-8)7-6-12(19)17(11-4-5-11)10(3)14(20)21/h10-11H,4-7H2,1-3H3,(H,20,21). The number of carboxylic acid groups (broad SMARTS) is 1. The quantitative estimate of drug-likeness (QED) is 0.596. The number of carbonyl (C=O) groups excluding carboxylic acids is 1. The Morgan fingerprint density at radius 1 is 1.48 bits per heavy atom. The van der Waals surface area contributed by atoms with Crippen molar-refractivity contribution in [3.8, 4) is 0 Å². The van der Waals surface area contributed by atoms with Gasteiger partial charge in [0.2, 0.25) is 5.91 Å². The van der Waals surface area contributed by atoms with Crippen molar-refractivity contribution in [3.63, 3.8) is 0 Å². The summed E-state index contributed by atoms with van der Waals surface area (Å²) in [5.74, 6) is -1.30. The second kappa shape index (κ2) is 6.35. The second-order valence-corrected chi connectivity index (χ2v) is 5.80. The minimum atomic E-state index is -1.04. The molecule has 2 rings (SSSR count). The normalized spacial score (nSPS) is 15.3. The van der Waals surface area contributed by atoms with Gasteiger partial charge in [0.05, 0.1) is 11.5 Å². The van der Waals surface area contributed by atoms with E-state index < -0.39 is 16.9 Å². The van der Waals surface area contributed by atoms with E-state index in [4.69, 9.17) is 5.11 Å². The summed E-state index contributed by atoms with van der Waals surface area (Å²) in [6.07, 6.45) is 1.69. The first-order chi connectivity index (χ1) is 10.7. The van der Waals surface area contributed by atoms with Crippen LogP contribution < -0.4 is 0 Å². The number of aryl methyl sites for hydroxylation is 2. The van der Waals surface area contributed by atoms with E-state index in [2.05, 4.69) is 5.10 Å². The molecule has 1 fully saturated rings. The summed E-state index contributed by atoms with van der Waals surface area (Å²) in [4.78, 5) is 35.4. The van der Waals surface area contributed by atoms with Crippen molar-refractivity contribution >= 4 is 17.6 Å². The lowest BCUT2D eigenvalue weighted by molar-refractivity contribution is -0.386. The van der Waals surface area contributed by atoms with Gasteiger partial charge in [0.15, 0.2) is 0 Å². The molecular formula is C14H20N4O5. The van der Waals surface area contributed by atoms with Crippen molar-refractivity contribution < 1.29 is 19.6 Å². The molecule has 1 N–H and O–H groups in total. The van der Waals surface area contributed by atoms with Crippen LogP contribution >= 0.6 is 0 Å². The van der Waals surface area contributed by atoms with Crippen LogP contribution in [0.3, 0.4) is 0 Å². The molecule has 0 radical (unpaired) electrons. The average Bonchev–Trinajstić information content (AvgIpc) is 3.22. The van der Waals surface area contributed by atoms with Gasteiger partial charge in [0.1, 0.15) is 17.4 Å². The predicted molar refractivity (Wildman–Crippen MR) is 79.9 cm³/mol. The number of aromatic nitrogens is 2. The first kappa shape index (κ1) is 16.9. The third-order valence-corrected chi connectivity index (χ3v) is 4.07. The maximum Gasteiger partial charge on any atom is 0.326 e. The Kier molecular flexibility index (Phi) is 4.67. The number of carbonyl (C=O) groups is 2. The third-order valence-electron chi connectivity index (χ3n) is 4.07. The van der Waals surface area contributed by atoms with Crippen LogP contribution in [0.15, 0.2) is 0 Å². The Morgan fingerprint density at radius 2 is 2.09 bits per heavy atom. The number of nitro groups is 1. The first-order valence-electron chi connectivity index (χ1n) is 7.46. The molecule has 9 nitrogen and oxygen atoms in total. The van der Waals surface area contributed by atoms with E-state index in [0.717, 1.165) is 12.8 Å². The Balaban J connectivity index is 2.08. The highest BCUT2D eigenvalue weighted by Crippen LogP contribution is 2.29. The predicted octanol–water partition coefficient (Wildman–Crippen LogP) is 1.26. The zero-order valence-electron chi connectivity index (χ0n) is 13.4. The summed E-state index contributed by atoms with van der Waals surface area (Å²) in [5.41, 5.74) is 0.651. The summed E-state index contributed by atoms with van der Waals surface area (Å²) < 4.78 is 1.43. The number of aliphatic carboxylic acids is 1. The summed E-state index contributed by atoms with van der Waals surface area (Å²) in [6, 6.07) is -0.881. The molecule has 1 heterocycles. The van der Waals surface area contributed by atoms with E-state index in [0.29, 0.717) is 11.4 Å². The molecule has 0 saturated heterocycles. The highest BCUT2D eigenvalue weighted by molar-refractivity contribution is 5.84. The van der Waals surface area contributed by atoms with E-state index in [1.807, 2.05) is 0 Å². The van der Waals surface area contributed by atoms with E-state index >= 15 is 0 Å². The molecular weight excluding hydrogens is 304 g/mol. The van der Waals surface area contributed by atoms with Gasteiger partial charge in [0.25, 0.3) is 0 Å². The van der Waals surface area contributed by atoms with E-state index in [1.165, 1.54) is 16.5 Å². The number of amides is 1. The molecule has 1 unspecified atom stereocenters. The van der Waals surface area contributed by atoms with Crippen LogP contribution in [-0.4, -0.2) is 48.7 Å². The molecule has 0 aromatic carbocycles. The maximum atomic E-state index is 12.4. The van der Waals surface area contributed by atoms with Gasteiger partial charge < -0.3 is 10.0 Å². The van der Waals surface area contributed by atoms with Gasteiger partial charge in [-0.15, -0.1) is 0 Å². The molecule has 1 amide bonds. The lowest BCUT2D eigenvalue weighted by Gasteiger charge is -2.26. The number of hydrogen-bond acceptors (Lipinski definition) is 5. The van der Waals surface area contributed by atoms with E-state index in [1.54, 1.807) is 13.8 Å². The van der Waals surface area contributed by atoms with Gasteiger partial charge >= 0.3 is 11.7 Å². The van der Waals surface area contributed by atoms with Crippen LogP contribution in [0.4, 0.5) is 5.69 Å². The van der Waals surface area contributed by atoms with Gasteiger partial charge in [-0.2, -0.15) is 5.10 Å². The number of nitrogens with zero attached hydrogens (tertiary/aromatic N) is 4. The smallest absolute Gasteiger partial charge is 0.326 e. The van der Waals surface area contributed by atoms with E-state index in [-0.39, 0.29) is 30.6 Å². The van der Waals surface area contributed by atoms with E-state index in [9.17, 15) is 19.7 Å². The van der Waals surface area contributed by atoms with Crippen molar-refractivity contribution in [3.05, 3.63) is 21.5 Å². The third kappa shape index (κ3) is 3.49. The summed E-state index contributed by atoms with van der Waals surface area (Å²) in [5, 5.41) is 24.2. The lowest BCUT2D eigenvalue weighted by Crippen LogP contribution is -2.45. The zero-order valence-corrected chi connectivity index (χ0v) is 13.4. The van der Waals surface area contributed by atoms with Gasteiger partial charge in [-0.3, -0.25) is 19.6 Å². The average molecular weight is 324 g/mol. The van der Waals surface area contributed by atoms with Crippen LogP contribution in [0.2, 0.25) is 0 Å². The Bertz CT molecular complexity index is 650. The van der Waals surface area contributed by atoms with Gasteiger partial charge in [-0.05, 0) is 33.6 Å². The van der Waals surface area contributed by atoms with Crippen molar-refractivity contribution in [1.29, 1.82) is 0 Å². The summed E-state index contributed by atoms with van der Waals surface area (Å²) in [7, 11) is 0. The fourth-order valence-electron chi connectivity index (χ4n) is 2.71. The van der Waals surface area contributed by atoms with Crippen LogP contribution in [0, 0.1) is 24.0 Å². The van der Waals surface area contributed by atoms with Crippen LogP contribution in [0.25, 0.3) is 0 Å². The Morgan fingerprint density at radius 3 is 2.52 bits per heavy atom. The highest BCUT2D eigenvalue weighted by Gasteiger charge is 2.38.